The molecule has 0 aliphatic heterocycles. The minimum absolute atomic E-state index is 1.11. The van der Waals surface area contributed by atoms with Crippen molar-refractivity contribution in [2.45, 2.75) is 0 Å². The Hall–Kier alpha value is -7.22. The summed E-state index contributed by atoms with van der Waals surface area (Å²) in [5.74, 6) is 0. The van der Waals surface area contributed by atoms with Crippen molar-refractivity contribution in [1.82, 2.24) is 0 Å². The fraction of sp³-hybridized carbons (Fsp3) is 0. The van der Waals surface area contributed by atoms with Gasteiger partial charge in [-0.1, -0.05) is 176 Å². The minimum Gasteiger partial charge on any atom is -0.310 e. The summed E-state index contributed by atoms with van der Waals surface area (Å²) in [7, 11) is 0. The van der Waals surface area contributed by atoms with Gasteiger partial charge in [-0.3, -0.25) is 0 Å². The molecule has 0 N–H and O–H groups in total. The highest BCUT2D eigenvalue weighted by Crippen LogP contribution is 2.45. The molecular formula is C54H35N. The predicted molar refractivity (Wildman–Crippen MR) is 237 cm³/mol. The summed E-state index contributed by atoms with van der Waals surface area (Å²) in [6, 6.07) is 77.8. The number of hydrogen-bond acceptors (Lipinski definition) is 1. The van der Waals surface area contributed by atoms with E-state index in [1.165, 1.54) is 86.9 Å². The first-order chi connectivity index (χ1) is 27.3. The van der Waals surface area contributed by atoms with Gasteiger partial charge >= 0.3 is 0 Å². The van der Waals surface area contributed by atoms with Crippen LogP contribution >= 0.6 is 0 Å². The summed E-state index contributed by atoms with van der Waals surface area (Å²) in [5.41, 5.74) is 8.19. The van der Waals surface area contributed by atoms with E-state index in [0.717, 1.165) is 17.1 Å². The second kappa shape index (κ2) is 12.7. The summed E-state index contributed by atoms with van der Waals surface area (Å²) in [5, 5.41) is 15.2. The van der Waals surface area contributed by atoms with Crippen molar-refractivity contribution in [3.63, 3.8) is 0 Å². The molecule has 0 unspecified atom stereocenters. The van der Waals surface area contributed by atoms with Gasteiger partial charge in [0.2, 0.25) is 0 Å². The van der Waals surface area contributed by atoms with Gasteiger partial charge in [0, 0.05) is 16.8 Å². The molecule has 0 aliphatic rings. The molecule has 0 spiro atoms. The van der Waals surface area contributed by atoms with Gasteiger partial charge in [-0.05, 0) is 118 Å². The van der Waals surface area contributed by atoms with Gasteiger partial charge < -0.3 is 4.90 Å². The molecule has 256 valence electrons. The molecule has 0 aromatic heterocycles. The maximum absolute atomic E-state index is 2.44. The van der Waals surface area contributed by atoms with E-state index in [4.69, 9.17) is 0 Å². The first kappa shape index (κ1) is 31.3. The molecule has 0 saturated carbocycles. The molecule has 0 fully saturated rings. The zero-order valence-corrected chi connectivity index (χ0v) is 30.2. The van der Waals surface area contributed by atoms with Crippen LogP contribution in [0.3, 0.4) is 0 Å². The van der Waals surface area contributed by atoms with Crippen LogP contribution < -0.4 is 4.90 Å². The smallest absolute Gasteiger partial charge is 0.0540 e. The number of anilines is 3. The fourth-order valence-corrected chi connectivity index (χ4v) is 8.82. The van der Waals surface area contributed by atoms with Crippen LogP contribution in [-0.2, 0) is 0 Å². The van der Waals surface area contributed by atoms with Crippen LogP contribution in [0.5, 0.6) is 0 Å². The molecule has 55 heavy (non-hydrogen) atoms. The third kappa shape index (κ3) is 5.16. The molecular weight excluding hydrogens is 663 g/mol. The van der Waals surface area contributed by atoms with Gasteiger partial charge in [-0.25, -0.2) is 0 Å². The van der Waals surface area contributed by atoms with E-state index in [1.54, 1.807) is 0 Å². The number of fused-ring (bicyclic) bond motifs is 10. The third-order valence-corrected chi connectivity index (χ3v) is 11.4. The number of nitrogens with zero attached hydrogens (tertiary/aromatic N) is 1. The summed E-state index contributed by atoms with van der Waals surface area (Å²) in [4.78, 5) is 2.44. The summed E-state index contributed by atoms with van der Waals surface area (Å²) < 4.78 is 0. The highest BCUT2D eigenvalue weighted by Gasteiger charge is 2.19. The van der Waals surface area contributed by atoms with Crippen LogP contribution in [0, 0.1) is 0 Å². The number of hydrogen-bond donors (Lipinski definition) is 0. The van der Waals surface area contributed by atoms with Crippen molar-refractivity contribution < 1.29 is 0 Å². The largest absolute Gasteiger partial charge is 0.310 e. The molecule has 0 heterocycles. The lowest BCUT2D eigenvalue weighted by molar-refractivity contribution is 1.30. The van der Waals surface area contributed by atoms with Crippen LogP contribution in [0.25, 0.3) is 86.9 Å². The molecule has 0 bridgehead atoms. The van der Waals surface area contributed by atoms with Crippen LogP contribution in [-0.4, -0.2) is 0 Å². The standard InChI is InChI=1S/C54H35N/c1-2-12-36(13-3-1)41-16-10-17-44(34-41)55(43-31-28-38(29-32-43)51-35-42-15-5-6-18-45(42)47-20-8-9-21-48(47)51)52-23-11-22-50-49(52)33-30-40-27-26-39-25-24-37-14-4-7-19-46(37)53(39)54(40)50/h1-35H. The van der Waals surface area contributed by atoms with Crippen molar-refractivity contribution in [2.75, 3.05) is 4.90 Å². The van der Waals surface area contributed by atoms with E-state index in [1.807, 2.05) is 0 Å². The quantitative estimate of drug-likeness (QED) is 0.162. The minimum atomic E-state index is 1.11. The monoisotopic (exact) mass is 697 g/mol. The highest BCUT2D eigenvalue weighted by atomic mass is 15.1. The lowest BCUT2D eigenvalue weighted by Crippen LogP contribution is -2.10. The van der Waals surface area contributed by atoms with Crippen LogP contribution in [0.1, 0.15) is 0 Å². The van der Waals surface area contributed by atoms with Gasteiger partial charge in [-0.2, -0.15) is 0 Å². The van der Waals surface area contributed by atoms with E-state index in [-0.39, 0.29) is 0 Å². The Kier molecular flexibility index (Phi) is 7.25. The first-order valence-corrected chi connectivity index (χ1v) is 19.0. The van der Waals surface area contributed by atoms with Gasteiger partial charge in [-0.15, -0.1) is 0 Å². The second-order valence-corrected chi connectivity index (χ2v) is 14.5. The van der Waals surface area contributed by atoms with Gasteiger partial charge in [0.05, 0.1) is 5.69 Å². The molecule has 11 rings (SSSR count). The Bertz CT molecular complexity index is 3250. The average Bonchev–Trinajstić information content (AvgIpc) is 3.26. The maximum Gasteiger partial charge on any atom is 0.0540 e. The second-order valence-electron chi connectivity index (χ2n) is 14.5. The topological polar surface area (TPSA) is 3.24 Å². The lowest BCUT2D eigenvalue weighted by Gasteiger charge is -2.28. The lowest BCUT2D eigenvalue weighted by atomic mass is 9.92. The Labute approximate surface area is 320 Å². The Morgan fingerprint density at radius 3 is 1.64 bits per heavy atom. The molecule has 0 aliphatic carbocycles. The normalized spacial score (nSPS) is 11.6. The van der Waals surface area contributed by atoms with Gasteiger partial charge in [0.1, 0.15) is 0 Å². The van der Waals surface area contributed by atoms with Crippen LogP contribution in [0.4, 0.5) is 17.1 Å². The van der Waals surface area contributed by atoms with Crippen LogP contribution in [0.15, 0.2) is 212 Å². The Balaban J connectivity index is 1.14. The molecule has 0 saturated heterocycles. The van der Waals surface area contributed by atoms with Crippen molar-refractivity contribution >= 4 is 81.7 Å². The predicted octanol–water partition coefficient (Wildman–Crippen LogP) is 15.4. The zero-order valence-electron chi connectivity index (χ0n) is 30.2. The maximum atomic E-state index is 2.44. The van der Waals surface area contributed by atoms with Crippen molar-refractivity contribution in [1.29, 1.82) is 0 Å². The molecule has 0 atom stereocenters. The van der Waals surface area contributed by atoms with E-state index in [9.17, 15) is 0 Å². The van der Waals surface area contributed by atoms with Crippen molar-refractivity contribution in [3.05, 3.63) is 212 Å². The van der Waals surface area contributed by atoms with Gasteiger partial charge in [0.25, 0.3) is 0 Å². The molecule has 11 aromatic carbocycles. The molecule has 1 nitrogen and oxygen atoms in total. The fourth-order valence-electron chi connectivity index (χ4n) is 8.82. The molecule has 0 amide bonds. The summed E-state index contributed by atoms with van der Waals surface area (Å²) in [6.07, 6.45) is 0. The first-order valence-electron chi connectivity index (χ1n) is 19.0. The molecule has 0 radical (unpaired) electrons. The Morgan fingerprint density at radius 2 is 0.836 bits per heavy atom. The highest BCUT2D eigenvalue weighted by molar-refractivity contribution is 6.28. The average molecular weight is 698 g/mol. The van der Waals surface area contributed by atoms with Crippen LogP contribution in [0.2, 0.25) is 0 Å². The zero-order chi connectivity index (χ0) is 36.3. The van der Waals surface area contributed by atoms with E-state index >= 15 is 0 Å². The van der Waals surface area contributed by atoms with Crippen molar-refractivity contribution in [2.24, 2.45) is 0 Å². The van der Waals surface area contributed by atoms with E-state index < -0.39 is 0 Å². The summed E-state index contributed by atoms with van der Waals surface area (Å²) >= 11 is 0. The molecule has 11 aromatic rings. The van der Waals surface area contributed by atoms with Gasteiger partial charge in [0.15, 0.2) is 0 Å². The Morgan fingerprint density at radius 1 is 0.255 bits per heavy atom. The molecule has 1 heteroatoms. The third-order valence-electron chi connectivity index (χ3n) is 11.4. The SMILES string of the molecule is c1ccc(-c2cccc(N(c3ccc(-c4cc5ccccc5c5ccccc45)cc3)c3cccc4c3ccc3ccc5ccc6ccccc6c5c34)c2)cc1. The number of benzene rings is 11. The van der Waals surface area contributed by atoms with E-state index in [0.29, 0.717) is 0 Å². The summed E-state index contributed by atoms with van der Waals surface area (Å²) in [6.45, 7) is 0. The van der Waals surface area contributed by atoms with E-state index in [2.05, 4.69) is 217 Å². The van der Waals surface area contributed by atoms with Crippen molar-refractivity contribution in [3.8, 4) is 22.3 Å². The number of rotatable bonds is 5.